The lowest BCUT2D eigenvalue weighted by Gasteiger charge is -2.16. The molecule has 0 aliphatic heterocycles. The topological polar surface area (TPSA) is 15.3 Å². The number of thiophene rings is 1. The lowest BCUT2D eigenvalue weighted by molar-refractivity contribution is -0.137. The maximum atomic E-state index is 12.1. The van der Waals surface area contributed by atoms with E-state index in [1.54, 1.807) is 23.3 Å². The highest BCUT2D eigenvalue weighted by Crippen LogP contribution is 2.23. The molecule has 1 aromatic heterocycles. The Morgan fingerprint density at radius 3 is 2.63 bits per heavy atom. The van der Waals surface area contributed by atoms with Gasteiger partial charge in [-0.2, -0.15) is 13.2 Å². The molecule has 19 heavy (non-hydrogen) atoms. The standard InChI is InChI=1S/C13H19F3N2S/c1-18(7-6-13(14,15)16)9-12-5-4-11(19-12)8-17-10-2-3-10/h4-5,10,17H,2-3,6-9H2,1H3. The number of halogens is 3. The Morgan fingerprint density at radius 1 is 1.32 bits per heavy atom. The summed E-state index contributed by atoms with van der Waals surface area (Å²) in [5.74, 6) is 0. The first-order valence-corrected chi connectivity index (χ1v) is 7.30. The number of nitrogens with one attached hydrogen (secondary N) is 1. The molecule has 0 bridgehead atoms. The first-order valence-electron chi connectivity index (χ1n) is 6.48. The number of hydrogen-bond donors (Lipinski definition) is 1. The Balaban J connectivity index is 1.71. The van der Waals surface area contributed by atoms with Crippen LogP contribution >= 0.6 is 11.3 Å². The molecular weight excluding hydrogens is 273 g/mol. The zero-order valence-corrected chi connectivity index (χ0v) is 11.8. The summed E-state index contributed by atoms with van der Waals surface area (Å²) in [7, 11) is 1.73. The number of hydrogen-bond acceptors (Lipinski definition) is 3. The van der Waals surface area contributed by atoms with Crippen LogP contribution in [0, 0.1) is 0 Å². The Morgan fingerprint density at radius 2 is 2.00 bits per heavy atom. The molecule has 0 amide bonds. The van der Waals surface area contributed by atoms with Gasteiger partial charge < -0.3 is 10.2 Å². The molecule has 6 heteroatoms. The average molecular weight is 292 g/mol. The van der Waals surface area contributed by atoms with Gasteiger partial charge in [-0.25, -0.2) is 0 Å². The van der Waals surface area contributed by atoms with Crippen LogP contribution in [0.1, 0.15) is 29.0 Å². The van der Waals surface area contributed by atoms with E-state index < -0.39 is 12.6 Å². The molecule has 0 atom stereocenters. The third-order valence-corrected chi connectivity index (χ3v) is 4.13. The summed E-state index contributed by atoms with van der Waals surface area (Å²) < 4.78 is 36.3. The lowest BCUT2D eigenvalue weighted by Crippen LogP contribution is -2.23. The van der Waals surface area contributed by atoms with Gasteiger partial charge in [0.1, 0.15) is 0 Å². The van der Waals surface area contributed by atoms with Crippen LogP contribution in [0.25, 0.3) is 0 Å². The van der Waals surface area contributed by atoms with E-state index in [0.717, 1.165) is 11.4 Å². The molecule has 2 rings (SSSR count). The first kappa shape index (κ1) is 14.8. The smallest absolute Gasteiger partial charge is 0.309 e. The van der Waals surface area contributed by atoms with E-state index in [0.29, 0.717) is 12.6 Å². The van der Waals surface area contributed by atoms with Crippen molar-refractivity contribution in [3.05, 3.63) is 21.9 Å². The molecule has 2 nitrogen and oxygen atoms in total. The number of alkyl halides is 3. The highest BCUT2D eigenvalue weighted by molar-refractivity contribution is 7.11. The van der Waals surface area contributed by atoms with Gasteiger partial charge >= 0.3 is 6.18 Å². The predicted octanol–water partition coefficient (Wildman–Crippen LogP) is 3.38. The van der Waals surface area contributed by atoms with Gasteiger partial charge in [0, 0.05) is 35.4 Å². The number of nitrogens with zero attached hydrogens (tertiary/aromatic N) is 1. The zero-order chi connectivity index (χ0) is 13.9. The average Bonchev–Trinajstić information content (AvgIpc) is 3.04. The summed E-state index contributed by atoms with van der Waals surface area (Å²) in [5.41, 5.74) is 0. The molecule has 108 valence electrons. The summed E-state index contributed by atoms with van der Waals surface area (Å²) in [5, 5.41) is 3.43. The molecule has 1 aromatic rings. The fourth-order valence-corrected chi connectivity index (χ4v) is 2.85. The van der Waals surface area contributed by atoms with Gasteiger partial charge in [0.25, 0.3) is 0 Å². The van der Waals surface area contributed by atoms with Crippen molar-refractivity contribution >= 4 is 11.3 Å². The van der Waals surface area contributed by atoms with Crippen LogP contribution in [0.2, 0.25) is 0 Å². The molecule has 1 aliphatic rings. The molecule has 1 N–H and O–H groups in total. The van der Waals surface area contributed by atoms with Gasteiger partial charge in [0.15, 0.2) is 0 Å². The lowest BCUT2D eigenvalue weighted by atomic mass is 10.3. The molecule has 1 heterocycles. The second kappa shape index (κ2) is 6.24. The molecule has 1 aliphatic carbocycles. The summed E-state index contributed by atoms with van der Waals surface area (Å²) in [6, 6.07) is 4.76. The highest BCUT2D eigenvalue weighted by Gasteiger charge is 2.27. The molecule has 0 spiro atoms. The minimum absolute atomic E-state index is 0.0526. The maximum absolute atomic E-state index is 12.1. The second-order valence-electron chi connectivity index (χ2n) is 5.13. The van der Waals surface area contributed by atoms with E-state index in [4.69, 9.17) is 0 Å². The van der Waals surface area contributed by atoms with Crippen LogP contribution in [0.5, 0.6) is 0 Å². The van der Waals surface area contributed by atoms with Crippen molar-refractivity contribution in [3.63, 3.8) is 0 Å². The molecule has 1 fully saturated rings. The second-order valence-corrected chi connectivity index (χ2v) is 6.38. The summed E-state index contributed by atoms with van der Waals surface area (Å²) in [6.45, 7) is 1.52. The van der Waals surface area contributed by atoms with Gasteiger partial charge in [-0.1, -0.05) is 0 Å². The van der Waals surface area contributed by atoms with Crippen LogP contribution in [0.4, 0.5) is 13.2 Å². The Bertz CT molecular complexity index is 399. The van der Waals surface area contributed by atoms with Gasteiger partial charge in [0.05, 0.1) is 6.42 Å². The third-order valence-electron chi connectivity index (χ3n) is 3.06. The predicted molar refractivity (Wildman–Crippen MR) is 71.2 cm³/mol. The van der Waals surface area contributed by atoms with Gasteiger partial charge in [-0.15, -0.1) is 11.3 Å². The fraction of sp³-hybridized carbons (Fsp3) is 0.692. The summed E-state index contributed by atoms with van der Waals surface area (Å²) in [4.78, 5) is 4.10. The Kier molecular flexibility index (Phi) is 4.86. The zero-order valence-electron chi connectivity index (χ0n) is 11.0. The van der Waals surface area contributed by atoms with Crippen molar-refractivity contribution in [3.8, 4) is 0 Å². The van der Waals surface area contributed by atoms with Gasteiger partial charge in [-0.05, 0) is 32.0 Å². The largest absolute Gasteiger partial charge is 0.390 e. The van der Waals surface area contributed by atoms with Crippen LogP contribution in [-0.4, -0.2) is 30.7 Å². The van der Waals surface area contributed by atoms with Crippen molar-refractivity contribution < 1.29 is 13.2 Å². The summed E-state index contributed by atoms with van der Waals surface area (Å²) >= 11 is 1.68. The van der Waals surface area contributed by atoms with E-state index in [2.05, 4.69) is 11.4 Å². The van der Waals surface area contributed by atoms with Crippen molar-refractivity contribution in [2.75, 3.05) is 13.6 Å². The summed E-state index contributed by atoms with van der Waals surface area (Å²) in [6.07, 6.45) is -2.29. The molecule has 0 radical (unpaired) electrons. The Hall–Kier alpha value is -0.590. The van der Waals surface area contributed by atoms with Crippen LogP contribution in [0.15, 0.2) is 12.1 Å². The maximum Gasteiger partial charge on any atom is 0.390 e. The molecule has 0 saturated heterocycles. The molecule has 0 unspecified atom stereocenters. The Labute approximate surface area is 115 Å². The fourth-order valence-electron chi connectivity index (χ4n) is 1.80. The van der Waals surface area contributed by atoms with Gasteiger partial charge in [-0.3, -0.25) is 0 Å². The quantitative estimate of drug-likeness (QED) is 0.829. The van der Waals surface area contributed by atoms with E-state index in [1.807, 2.05) is 6.07 Å². The molecule has 0 aromatic carbocycles. The van der Waals surface area contributed by atoms with Crippen molar-refractivity contribution in [2.45, 2.75) is 44.6 Å². The minimum Gasteiger partial charge on any atom is -0.309 e. The minimum atomic E-state index is -4.07. The monoisotopic (exact) mass is 292 g/mol. The van der Waals surface area contributed by atoms with Crippen molar-refractivity contribution in [2.24, 2.45) is 0 Å². The van der Waals surface area contributed by atoms with Gasteiger partial charge in [0.2, 0.25) is 0 Å². The first-order chi connectivity index (χ1) is 8.92. The van der Waals surface area contributed by atoms with Crippen LogP contribution < -0.4 is 5.32 Å². The third kappa shape index (κ3) is 5.93. The van der Waals surface area contributed by atoms with E-state index in [9.17, 15) is 13.2 Å². The molecular formula is C13H19F3N2S. The number of rotatable bonds is 7. The van der Waals surface area contributed by atoms with Crippen molar-refractivity contribution in [1.82, 2.24) is 10.2 Å². The van der Waals surface area contributed by atoms with E-state index in [1.165, 1.54) is 17.7 Å². The van der Waals surface area contributed by atoms with E-state index >= 15 is 0 Å². The highest BCUT2D eigenvalue weighted by atomic mass is 32.1. The normalized spacial score (nSPS) is 16.3. The van der Waals surface area contributed by atoms with Crippen LogP contribution in [0.3, 0.4) is 0 Å². The van der Waals surface area contributed by atoms with Crippen LogP contribution in [-0.2, 0) is 13.1 Å². The van der Waals surface area contributed by atoms with Crippen molar-refractivity contribution in [1.29, 1.82) is 0 Å². The van der Waals surface area contributed by atoms with E-state index in [-0.39, 0.29) is 6.54 Å². The molecule has 1 saturated carbocycles. The SMILES string of the molecule is CN(CCC(F)(F)F)Cc1ccc(CNC2CC2)s1.